The number of likely N-dealkylation sites (N-methyl/N-ethyl adjacent to an activating group) is 1. The van der Waals surface area contributed by atoms with Crippen molar-refractivity contribution in [2.45, 2.75) is 77.2 Å². The van der Waals surface area contributed by atoms with Gasteiger partial charge in [0.15, 0.2) is 11.4 Å². The van der Waals surface area contributed by atoms with Crippen LogP contribution in [0, 0.1) is 23.2 Å². The van der Waals surface area contributed by atoms with Crippen molar-refractivity contribution < 1.29 is 44.3 Å². The first-order chi connectivity index (χ1) is 20.9. The predicted molar refractivity (Wildman–Crippen MR) is 163 cm³/mol. The number of amides is 1. The number of aliphatic hydroxyl groups excluding tert-OH is 2. The van der Waals surface area contributed by atoms with Crippen molar-refractivity contribution in [2.24, 2.45) is 28.9 Å². The number of phenols is 1. The van der Waals surface area contributed by atoms with E-state index >= 15 is 0 Å². The lowest BCUT2D eigenvalue weighted by Gasteiger charge is -2.54. The van der Waals surface area contributed by atoms with E-state index in [2.05, 4.69) is 26.1 Å². The number of primary amides is 1. The molecule has 0 radical (unpaired) electrons. The molecule has 12 heteroatoms. The van der Waals surface area contributed by atoms with E-state index in [-0.39, 0.29) is 28.8 Å². The zero-order valence-corrected chi connectivity index (χ0v) is 26.5. The summed E-state index contributed by atoms with van der Waals surface area (Å²) >= 11 is 0. The lowest BCUT2D eigenvalue weighted by Crippen LogP contribution is -2.71. The van der Waals surface area contributed by atoms with Crippen molar-refractivity contribution in [1.29, 1.82) is 0 Å². The third-order valence-electron chi connectivity index (χ3n) is 9.85. The van der Waals surface area contributed by atoms with Gasteiger partial charge in [-0.1, -0.05) is 46.2 Å². The van der Waals surface area contributed by atoms with E-state index in [0.717, 1.165) is 6.42 Å². The van der Waals surface area contributed by atoms with Crippen molar-refractivity contribution in [3.8, 4) is 5.75 Å². The standard InChI is InChI=1S/C33H43N3O9/c1-14-17-11-10-16(12-35-13-32(2,3)4)24(37)19(17)25(38)20-18(14)27(45-31(43)15-8-7-9-15)22-23(36(5)6)26(39)21(30(34)42)29(41)33(22,44)28(20)40/h10-11,14-15,18,22-23,27,35,37-38,41,44H,7-9,12-13H2,1-6H3,(H2,34,42)/t14-,18+,22+,23-,27-,33-/m0/s1. The summed E-state index contributed by atoms with van der Waals surface area (Å²) in [6, 6.07) is 2.04. The third-order valence-corrected chi connectivity index (χ3v) is 9.85. The van der Waals surface area contributed by atoms with Crippen LogP contribution in [-0.4, -0.2) is 87.2 Å². The molecule has 0 saturated heterocycles. The molecule has 1 amide bonds. The molecule has 6 atom stereocenters. The zero-order valence-electron chi connectivity index (χ0n) is 26.5. The number of hydrogen-bond donors (Lipinski definition) is 6. The van der Waals surface area contributed by atoms with Crippen LogP contribution in [0.25, 0.3) is 5.76 Å². The minimum absolute atomic E-state index is 0.0158. The number of carbonyl (C=O) groups is 4. The number of aliphatic hydroxyl groups is 3. The van der Waals surface area contributed by atoms with Crippen LogP contribution in [0.2, 0.25) is 0 Å². The van der Waals surface area contributed by atoms with Crippen molar-refractivity contribution >= 4 is 29.2 Å². The number of Topliss-reactive ketones (excluding diaryl/α,β-unsaturated/α-hetero) is 2. The summed E-state index contributed by atoms with van der Waals surface area (Å²) in [6.07, 6.45) is 0.600. The predicted octanol–water partition coefficient (Wildman–Crippen LogP) is 1.98. The number of rotatable bonds is 7. The number of phenolic OH excluding ortho intramolecular Hbond substituents is 1. The summed E-state index contributed by atoms with van der Waals surface area (Å²) < 4.78 is 6.10. The Balaban J connectivity index is 1.73. The summed E-state index contributed by atoms with van der Waals surface area (Å²) in [5.74, 6) is -9.90. The molecule has 1 aromatic carbocycles. The Morgan fingerprint density at radius 1 is 1.13 bits per heavy atom. The van der Waals surface area contributed by atoms with Crippen molar-refractivity contribution in [1.82, 2.24) is 10.2 Å². The number of carbonyl (C=O) groups excluding carboxylic acids is 4. The molecule has 0 bridgehead atoms. The summed E-state index contributed by atoms with van der Waals surface area (Å²) in [6.45, 7) is 8.80. The first-order valence-corrected chi connectivity index (χ1v) is 15.3. The molecule has 4 aliphatic carbocycles. The average molecular weight is 626 g/mol. The second-order valence-corrected chi connectivity index (χ2v) is 14.3. The molecular weight excluding hydrogens is 582 g/mol. The molecule has 244 valence electrons. The molecule has 5 rings (SSSR count). The van der Waals surface area contributed by atoms with E-state index in [9.17, 15) is 39.6 Å². The van der Waals surface area contributed by atoms with Crippen LogP contribution >= 0.6 is 0 Å². The fourth-order valence-electron chi connectivity index (χ4n) is 7.36. The monoisotopic (exact) mass is 625 g/mol. The van der Waals surface area contributed by atoms with E-state index < -0.39 is 82.0 Å². The molecule has 0 spiro atoms. The van der Waals surface area contributed by atoms with Gasteiger partial charge < -0.3 is 36.2 Å². The van der Waals surface area contributed by atoms with Gasteiger partial charge in [0, 0.05) is 30.1 Å². The van der Waals surface area contributed by atoms with Crippen LogP contribution in [-0.2, 0) is 30.5 Å². The molecule has 1 aromatic rings. The number of nitrogens with one attached hydrogen (secondary N) is 1. The van der Waals surface area contributed by atoms with Crippen molar-refractivity contribution in [3.63, 3.8) is 0 Å². The lowest BCUT2D eigenvalue weighted by atomic mass is 9.54. The highest BCUT2D eigenvalue weighted by Crippen LogP contribution is 2.57. The van der Waals surface area contributed by atoms with Gasteiger partial charge in [-0.05, 0) is 43.8 Å². The van der Waals surface area contributed by atoms with Crippen molar-refractivity contribution in [2.75, 3.05) is 20.6 Å². The Morgan fingerprint density at radius 2 is 1.78 bits per heavy atom. The minimum atomic E-state index is -2.96. The van der Waals surface area contributed by atoms with Crippen LogP contribution in [0.4, 0.5) is 0 Å². The summed E-state index contributed by atoms with van der Waals surface area (Å²) in [5.41, 5.74) is 2.06. The van der Waals surface area contributed by atoms with Gasteiger partial charge >= 0.3 is 5.97 Å². The van der Waals surface area contributed by atoms with Gasteiger partial charge in [-0.25, -0.2) is 0 Å². The maximum Gasteiger partial charge on any atom is 0.309 e. The topological polar surface area (TPSA) is 200 Å². The number of ether oxygens (including phenoxy) is 1. The maximum atomic E-state index is 14.5. The van der Waals surface area contributed by atoms with E-state index in [4.69, 9.17) is 10.5 Å². The fraction of sp³-hybridized carbons (Fsp3) is 0.576. The smallest absolute Gasteiger partial charge is 0.309 e. The molecule has 2 fully saturated rings. The normalized spacial score (nSPS) is 30.1. The third kappa shape index (κ3) is 5.03. The Morgan fingerprint density at radius 3 is 2.31 bits per heavy atom. The van der Waals surface area contributed by atoms with Crippen LogP contribution in [0.5, 0.6) is 5.75 Å². The first kappa shape index (κ1) is 32.6. The second-order valence-electron chi connectivity index (χ2n) is 14.3. The second kappa shape index (κ2) is 11.3. The number of hydrogen-bond acceptors (Lipinski definition) is 11. The average Bonchev–Trinajstić information content (AvgIpc) is 2.89. The zero-order chi connectivity index (χ0) is 33.3. The molecule has 7 N–H and O–H groups in total. The highest BCUT2D eigenvalue weighted by molar-refractivity contribution is 6.24. The molecule has 45 heavy (non-hydrogen) atoms. The highest BCUT2D eigenvalue weighted by Gasteiger charge is 2.69. The van der Waals surface area contributed by atoms with Gasteiger partial charge in [-0.3, -0.25) is 24.1 Å². The van der Waals surface area contributed by atoms with Gasteiger partial charge in [0.2, 0.25) is 5.78 Å². The number of benzene rings is 1. The van der Waals surface area contributed by atoms with Gasteiger partial charge in [0.1, 0.15) is 28.9 Å². The Hall–Kier alpha value is -3.74. The summed E-state index contributed by atoms with van der Waals surface area (Å²) in [4.78, 5) is 55.3. The fourth-order valence-corrected chi connectivity index (χ4v) is 7.36. The molecule has 0 unspecified atom stereocenters. The number of nitrogens with zero attached hydrogens (tertiary/aromatic N) is 1. The Bertz CT molecular complexity index is 1530. The number of aromatic hydroxyl groups is 1. The van der Waals surface area contributed by atoms with Crippen LogP contribution < -0.4 is 11.1 Å². The summed E-state index contributed by atoms with van der Waals surface area (Å²) in [5, 5.41) is 50.0. The van der Waals surface area contributed by atoms with Crippen molar-refractivity contribution in [3.05, 3.63) is 45.7 Å². The molecule has 0 aliphatic heterocycles. The number of esters is 1. The Kier molecular flexibility index (Phi) is 8.16. The Labute approximate surface area is 261 Å². The number of fused-ring (bicyclic) bond motifs is 3. The van der Waals surface area contributed by atoms with Gasteiger partial charge in [0.25, 0.3) is 5.91 Å². The summed E-state index contributed by atoms with van der Waals surface area (Å²) in [7, 11) is 2.99. The van der Waals surface area contributed by atoms with E-state index in [0.29, 0.717) is 30.5 Å². The van der Waals surface area contributed by atoms with Crippen LogP contribution in [0.1, 0.15) is 69.6 Å². The molecule has 12 nitrogen and oxygen atoms in total. The van der Waals surface area contributed by atoms with E-state index in [1.807, 2.05) is 0 Å². The molecule has 2 saturated carbocycles. The van der Waals surface area contributed by atoms with Gasteiger partial charge in [-0.15, -0.1) is 0 Å². The lowest BCUT2D eigenvalue weighted by molar-refractivity contribution is -0.189. The van der Waals surface area contributed by atoms with Gasteiger partial charge in [0.05, 0.1) is 23.4 Å². The molecule has 4 aliphatic rings. The van der Waals surface area contributed by atoms with Crippen LogP contribution in [0.15, 0.2) is 29.0 Å². The minimum Gasteiger partial charge on any atom is -0.508 e. The van der Waals surface area contributed by atoms with Crippen LogP contribution in [0.3, 0.4) is 0 Å². The first-order valence-electron chi connectivity index (χ1n) is 15.3. The number of ketones is 2. The van der Waals surface area contributed by atoms with Gasteiger partial charge in [-0.2, -0.15) is 0 Å². The molecular formula is C33H43N3O9. The number of nitrogens with two attached hydrogens (primary N) is 1. The molecule has 0 aromatic heterocycles. The highest BCUT2D eigenvalue weighted by atomic mass is 16.5. The largest absolute Gasteiger partial charge is 0.508 e. The van der Waals surface area contributed by atoms with E-state index in [1.54, 1.807) is 19.1 Å². The van der Waals surface area contributed by atoms with E-state index in [1.165, 1.54) is 19.0 Å². The quantitative estimate of drug-likeness (QED) is 0.191. The molecule has 0 heterocycles. The maximum absolute atomic E-state index is 14.5. The SMILES string of the molecule is C[C@H]1c2ccc(CNCC(C)(C)C)c(O)c2C(O)=C2C(=O)[C@]3(O)C(O)=C(C(N)=O)C(=O)[C@@H](N(C)C)[C@@H]3[C@@H](OC(=O)C3CCC3)[C@@H]21.